The fraction of sp³-hybridized carbons (Fsp3) is 0.0400. The Bertz CT molecular complexity index is 2790. The highest BCUT2D eigenvalue weighted by Gasteiger charge is 2.38. The normalized spacial score (nSPS) is 13.1. The van der Waals surface area contributed by atoms with Gasteiger partial charge < -0.3 is 0 Å². The van der Waals surface area contributed by atoms with Crippen LogP contribution in [0.4, 0.5) is 0 Å². The van der Waals surface area contributed by atoms with E-state index in [2.05, 4.69) is 195 Å². The molecule has 0 saturated carbocycles. The Balaban J connectivity index is 1.36. The summed E-state index contributed by atoms with van der Waals surface area (Å²) in [7, 11) is -2.06. The van der Waals surface area contributed by atoms with Crippen LogP contribution in [0, 0.1) is 0 Å². The number of rotatable bonds is 4. The van der Waals surface area contributed by atoms with E-state index >= 15 is 0 Å². The second kappa shape index (κ2) is 11.5. The molecular formula is C50H36Si. The van der Waals surface area contributed by atoms with Crippen molar-refractivity contribution in [2.24, 2.45) is 0 Å². The van der Waals surface area contributed by atoms with E-state index in [0.29, 0.717) is 0 Å². The van der Waals surface area contributed by atoms with Crippen LogP contribution in [-0.2, 0) is 0 Å². The van der Waals surface area contributed by atoms with Gasteiger partial charge in [-0.1, -0.05) is 183 Å². The monoisotopic (exact) mass is 664 g/mol. The molecule has 0 radical (unpaired) electrons. The van der Waals surface area contributed by atoms with E-state index in [0.717, 1.165) is 0 Å². The Morgan fingerprint density at radius 1 is 0.294 bits per heavy atom. The topological polar surface area (TPSA) is 0 Å². The maximum atomic E-state index is 2.60. The highest BCUT2D eigenvalue weighted by atomic mass is 28.3. The lowest BCUT2D eigenvalue weighted by Crippen LogP contribution is -2.49. The summed E-state index contributed by atoms with van der Waals surface area (Å²) in [4.78, 5) is 0. The van der Waals surface area contributed by atoms with Gasteiger partial charge in [-0.25, -0.2) is 0 Å². The lowest BCUT2D eigenvalue weighted by atomic mass is 9.83. The first-order chi connectivity index (χ1) is 25.1. The lowest BCUT2D eigenvalue weighted by molar-refractivity contribution is 1.63. The molecule has 0 nitrogen and oxygen atoms in total. The van der Waals surface area contributed by atoms with Crippen LogP contribution in [0.25, 0.3) is 88.0 Å². The van der Waals surface area contributed by atoms with E-state index in [-0.39, 0.29) is 0 Å². The highest BCUT2D eigenvalue weighted by molar-refractivity contribution is 7.04. The molecule has 1 aliphatic heterocycles. The predicted molar refractivity (Wildman–Crippen MR) is 223 cm³/mol. The van der Waals surface area contributed by atoms with Gasteiger partial charge in [0.2, 0.25) is 0 Å². The van der Waals surface area contributed by atoms with Crippen LogP contribution in [0.2, 0.25) is 13.1 Å². The molecular weight excluding hydrogens is 629 g/mol. The molecule has 1 aliphatic rings. The summed E-state index contributed by atoms with van der Waals surface area (Å²) < 4.78 is 0. The molecule has 10 rings (SSSR count). The third-order valence-corrected chi connectivity index (χ3v) is 14.8. The molecule has 0 aromatic heterocycles. The van der Waals surface area contributed by atoms with E-state index < -0.39 is 8.07 Å². The van der Waals surface area contributed by atoms with Gasteiger partial charge in [-0.05, 0) is 110 Å². The minimum absolute atomic E-state index is 1.23. The molecule has 0 spiro atoms. The Kier molecular flexibility index (Phi) is 6.74. The Morgan fingerprint density at radius 2 is 0.843 bits per heavy atom. The zero-order valence-corrected chi connectivity index (χ0v) is 29.8. The van der Waals surface area contributed by atoms with Gasteiger partial charge in [0.05, 0.1) is 0 Å². The molecule has 9 aromatic rings. The molecule has 1 heteroatoms. The third-order valence-electron chi connectivity index (χ3n) is 11.2. The zero-order chi connectivity index (χ0) is 34.1. The van der Waals surface area contributed by atoms with Gasteiger partial charge in [0.25, 0.3) is 0 Å². The highest BCUT2D eigenvalue weighted by Crippen LogP contribution is 2.48. The third kappa shape index (κ3) is 4.66. The number of fused-ring (bicyclic) bond motifs is 6. The SMILES string of the molecule is C[Si]1(C)c2cc(-c3ccccc3)ccc2-c2cc3c(-c4cccc5ccccc45)c4ccc(-c5ccccc5)cc4c(-c4ccccc4)c3cc21. The molecule has 0 aliphatic carbocycles. The molecule has 0 N–H and O–H groups in total. The largest absolute Gasteiger partial charge is 0.113 e. The van der Waals surface area contributed by atoms with Gasteiger partial charge in [-0.15, -0.1) is 0 Å². The number of hydrogen-bond donors (Lipinski definition) is 0. The Hall–Kier alpha value is -6.02. The molecule has 0 fully saturated rings. The van der Waals surface area contributed by atoms with Gasteiger partial charge in [-0.2, -0.15) is 0 Å². The molecule has 240 valence electrons. The zero-order valence-electron chi connectivity index (χ0n) is 28.8. The van der Waals surface area contributed by atoms with Crippen molar-refractivity contribution < 1.29 is 0 Å². The smallest absolute Gasteiger partial charge is 0.0622 e. The molecule has 51 heavy (non-hydrogen) atoms. The average Bonchev–Trinajstić information content (AvgIpc) is 3.41. The van der Waals surface area contributed by atoms with Gasteiger partial charge in [-0.3, -0.25) is 0 Å². The quantitative estimate of drug-likeness (QED) is 0.130. The van der Waals surface area contributed by atoms with Crippen molar-refractivity contribution in [2.75, 3.05) is 0 Å². The van der Waals surface area contributed by atoms with E-state index in [1.54, 1.807) is 0 Å². The fourth-order valence-corrected chi connectivity index (χ4v) is 11.8. The summed E-state index contributed by atoms with van der Waals surface area (Å²) in [5, 5.41) is 10.8. The van der Waals surface area contributed by atoms with Crippen LogP contribution in [-0.4, -0.2) is 8.07 Å². The van der Waals surface area contributed by atoms with Crippen LogP contribution in [0.3, 0.4) is 0 Å². The van der Waals surface area contributed by atoms with Gasteiger partial charge in [0.1, 0.15) is 8.07 Å². The van der Waals surface area contributed by atoms with E-state index in [4.69, 9.17) is 0 Å². The molecule has 0 bridgehead atoms. The van der Waals surface area contributed by atoms with Crippen molar-refractivity contribution in [2.45, 2.75) is 13.1 Å². The minimum atomic E-state index is -2.06. The second-order valence-corrected chi connectivity index (χ2v) is 18.8. The first-order valence-corrected chi connectivity index (χ1v) is 20.9. The minimum Gasteiger partial charge on any atom is -0.0622 e. The van der Waals surface area contributed by atoms with Crippen molar-refractivity contribution in [1.82, 2.24) is 0 Å². The van der Waals surface area contributed by atoms with E-state index in [1.807, 2.05) is 0 Å². The van der Waals surface area contributed by atoms with Gasteiger partial charge >= 0.3 is 0 Å². The van der Waals surface area contributed by atoms with Crippen LogP contribution >= 0.6 is 0 Å². The standard InChI is InChI=1S/C50H36Si/c1-51(2)47-30-38(34-17-8-4-9-18-34)25-27-40(47)43-31-45-46(32-48(43)51)49(36-20-10-5-11-21-36)44-29-37(33-15-6-3-7-16-33)26-28-42(44)50(45)41-24-14-22-35-19-12-13-23-39(35)41/h3-32H,1-2H3. The lowest BCUT2D eigenvalue weighted by Gasteiger charge is -2.23. The van der Waals surface area contributed by atoms with E-state index in [9.17, 15) is 0 Å². The molecule has 0 unspecified atom stereocenters. The van der Waals surface area contributed by atoms with Crippen molar-refractivity contribution in [3.8, 4) is 55.6 Å². The van der Waals surface area contributed by atoms with E-state index in [1.165, 1.54) is 98.3 Å². The first-order valence-electron chi connectivity index (χ1n) is 17.9. The number of benzene rings is 9. The summed E-state index contributed by atoms with van der Waals surface area (Å²) in [6.07, 6.45) is 0. The van der Waals surface area contributed by atoms with Crippen molar-refractivity contribution in [3.63, 3.8) is 0 Å². The number of hydrogen-bond acceptors (Lipinski definition) is 0. The maximum Gasteiger partial charge on any atom is 0.113 e. The summed E-state index contributed by atoms with van der Waals surface area (Å²) >= 11 is 0. The summed E-state index contributed by atoms with van der Waals surface area (Å²) in [5.74, 6) is 0. The molecule has 1 heterocycles. The van der Waals surface area contributed by atoms with Crippen molar-refractivity contribution in [1.29, 1.82) is 0 Å². The summed E-state index contributed by atoms with van der Waals surface area (Å²) in [6, 6.07) is 67.9. The Morgan fingerprint density at radius 3 is 1.57 bits per heavy atom. The first kappa shape index (κ1) is 29.9. The molecule has 0 atom stereocenters. The van der Waals surface area contributed by atoms with Crippen LogP contribution in [0.15, 0.2) is 182 Å². The second-order valence-electron chi connectivity index (χ2n) is 14.5. The molecule has 0 saturated heterocycles. The van der Waals surface area contributed by atoms with Gasteiger partial charge in [0.15, 0.2) is 0 Å². The van der Waals surface area contributed by atoms with Crippen LogP contribution in [0.5, 0.6) is 0 Å². The van der Waals surface area contributed by atoms with Crippen LogP contribution in [0.1, 0.15) is 0 Å². The summed E-state index contributed by atoms with van der Waals surface area (Å²) in [5.41, 5.74) is 13.0. The predicted octanol–water partition coefficient (Wildman–Crippen LogP) is 12.6. The molecule has 0 amide bonds. The fourth-order valence-electron chi connectivity index (χ4n) is 8.72. The Labute approximate surface area is 300 Å². The summed E-state index contributed by atoms with van der Waals surface area (Å²) in [6.45, 7) is 5.08. The van der Waals surface area contributed by atoms with Crippen LogP contribution < -0.4 is 10.4 Å². The van der Waals surface area contributed by atoms with Gasteiger partial charge in [0, 0.05) is 0 Å². The van der Waals surface area contributed by atoms with Crippen molar-refractivity contribution >= 4 is 50.8 Å². The maximum absolute atomic E-state index is 2.60. The van der Waals surface area contributed by atoms with Crippen molar-refractivity contribution in [3.05, 3.63) is 182 Å². The average molecular weight is 665 g/mol. The molecule has 9 aromatic carbocycles.